The van der Waals surface area contributed by atoms with Gasteiger partial charge in [-0.2, -0.15) is 0 Å². The van der Waals surface area contributed by atoms with Gasteiger partial charge in [0, 0.05) is 16.6 Å². The first-order chi connectivity index (χ1) is 7.83. The summed E-state index contributed by atoms with van der Waals surface area (Å²) in [4.78, 5) is 10.2. The molecule has 0 aliphatic rings. The summed E-state index contributed by atoms with van der Waals surface area (Å²) in [5.74, 6) is 5.78. The van der Waals surface area contributed by atoms with Crippen molar-refractivity contribution in [3.63, 3.8) is 0 Å². The van der Waals surface area contributed by atoms with E-state index in [0.29, 0.717) is 0 Å². The summed E-state index contributed by atoms with van der Waals surface area (Å²) in [5.41, 5.74) is 7.53. The molecular weight excluding hydrogens is 198 g/mol. The molecule has 2 aromatic carbocycles. The monoisotopic (exact) mass is 209 g/mol. The van der Waals surface area contributed by atoms with Crippen LogP contribution in [-0.2, 0) is 4.79 Å². The Hall–Kier alpha value is -2.27. The average molecular weight is 209 g/mol. The van der Waals surface area contributed by atoms with E-state index < -0.39 is 0 Å². The highest BCUT2D eigenvalue weighted by atomic mass is 16.1. The lowest BCUT2D eigenvalue weighted by Gasteiger charge is -2.03. The maximum atomic E-state index is 10.2. The molecule has 0 saturated heterocycles. The number of anilines is 1. The van der Waals surface area contributed by atoms with Gasteiger partial charge in [-0.05, 0) is 17.5 Å². The van der Waals surface area contributed by atoms with Crippen molar-refractivity contribution >= 4 is 22.7 Å². The van der Waals surface area contributed by atoms with Crippen LogP contribution in [0.3, 0.4) is 0 Å². The van der Waals surface area contributed by atoms with Crippen LogP contribution in [0.5, 0.6) is 0 Å². The fourth-order valence-corrected chi connectivity index (χ4v) is 1.63. The zero-order chi connectivity index (χ0) is 11.4. The third kappa shape index (κ3) is 1.89. The van der Waals surface area contributed by atoms with Crippen molar-refractivity contribution in [2.45, 2.75) is 6.42 Å². The van der Waals surface area contributed by atoms with Crippen molar-refractivity contribution in [3.05, 3.63) is 42.0 Å². The fourth-order valence-electron chi connectivity index (χ4n) is 1.63. The van der Waals surface area contributed by atoms with Gasteiger partial charge in [0.2, 0.25) is 0 Å². The minimum Gasteiger partial charge on any atom is -0.398 e. The number of aldehydes is 1. The number of carbonyl (C=O) groups excluding carboxylic acids is 1. The minimum atomic E-state index is 0.263. The van der Waals surface area contributed by atoms with Crippen molar-refractivity contribution in [3.8, 4) is 11.8 Å². The van der Waals surface area contributed by atoms with Gasteiger partial charge >= 0.3 is 0 Å². The highest BCUT2D eigenvalue weighted by molar-refractivity contribution is 5.96. The molecule has 2 heteroatoms. The molecule has 0 atom stereocenters. The van der Waals surface area contributed by atoms with Crippen LogP contribution in [0, 0.1) is 11.8 Å². The zero-order valence-electron chi connectivity index (χ0n) is 8.73. The number of nitrogens with two attached hydrogens (primary N) is 1. The van der Waals surface area contributed by atoms with Crippen molar-refractivity contribution in [1.29, 1.82) is 0 Å². The Morgan fingerprint density at radius 2 is 1.88 bits per heavy atom. The predicted molar refractivity (Wildman–Crippen MR) is 65.9 cm³/mol. The van der Waals surface area contributed by atoms with E-state index in [9.17, 15) is 4.79 Å². The maximum absolute atomic E-state index is 10.2. The van der Waals surface area contributed by atoms with Crippen LogP contribution in [0.1, 0.15) is 12.0 Å². The quantitative estimate of drug-likeness (QED) is 0.445. The van der Waals surface area contributed by atoms with Crippen LogP contribution in [0.15, 0.2) is 36.4 Å². The number of hydrogen-bond donors (Lipinski definition) is 1. The predicted octanol–water partition coefficient (Wildman–Crippen LogP) is 2.36. The molecule has 2 rings (SSSR count). The zero-order valence-corrected chi connectivity index (χ0v) is 8.73. The van der Waals surface area contributed by atoms with E-state index in [1.807, 2.05) is 36.4 Å². The van der Waals surface area contributed by atoms with Crippen molar-refractivity contribution in [2.24, 2.45) is 0 Å². The molecule has 0 radical (unpaired) electrons. The second-order valence-electron chi connectivity index (χ2n) is 3.42. The van der Waals surface area contributed by atoms with Crippen molar-refractivity contribution < 1.29 is 4.79 Å². The standard InChI is InChI=1S/C14H11NO/c15-14-9-4-7-12-11(5-1-2-10-16)6-3-8-13(12)14/h3-4,6-10H,2,15H2. The van der Waals surface area contributed by atoms with Gasteiger partial charge in [0.05, 0.1) is 6.42 Å². The van der Waals surface area contributed by atoms with E-state index >= 15 is 0 Å². The van der Waals surface area contributed by atoms with E-state index in [-0.39, 0.29) is 6.42 Å². The van der Waals surface area contributed by atoms with Gasteiger partial charge in [0.1, 0.15) is 6.29 Å². The average Bonchev–Trinajstić information content (AvgIpc) is 2.31. The lowest BCUT2D eigenvalue weighted by molar-refractivity contribution is -0.107. The first kappa shape index (κ1) is 10.3. The van der Waals surface area contributed by atoms with Crippen LogP contribution in [0.25, 0.3) is 10.8 Å². The van der Waals surface area contributed by atoms with Gasteiger partial charge in [-0.15, -0.1) is 0 Å². The number of fused-ring (bicyclic) bond motifs is 1. The normalized spacial score (nSPS) is 9.50. The molecule has 78 valence electrons. The highest BCUT2D eigenvalue weighted by Gasteiger charge is 1.99. The van der Waals surface area contributed by atoms with Gasteiger partial charge in [0.15, 0.2) is 0 Å². The Morgan fingerprint density at radius 1 is 1.12 bits per heavy atom. The molecule has 2 aromatic rings. The van der Waals surface area contributed by atoms with Gasteiger partial charge in [-0.25, -0.2) is 0 Å². The van der Waals surface area contributed by atoms with Gasteiger partial charge in [-0.3, -0.25) is 0 Å². The van der Waals surface area contributed by atoms with Crippen LogP contribution in [0.4, 0.5) is 5.69 Å². The Bertz CT molecular complexity index is 590. The molecule has 16 heavy (non-hydrogen) atoms. The largest absolute Gasteiger partial charge is 0.398 e. The molecule has 0 heterocycles. The van der Waals surface area contributed by atoms with Crippen LogP contribution in [0.2, 0.25) is 0 Å². The number of rotatable bonds is 1. The SMILES string of the molecule is Nc1cccc2c(C#CCC=O)cccc12. The summed E-state index contributed by atoms with van der Waals surface area (Å²) in [6.07, 6.45) is 1.06. The first-order valence-corrected chi connectivity index (χ1v) is 5.02. The summed E-state index contributed by atoms with van der Waals surface area (Å²) in [6, 6.07) is 11.6. The Morgan fingerprint density at radius 3 is 2.69 bits per heavy atom. The highest BCUT2D eigenvalue weighted by Crippen LogP contribution is 2.23. The number of carbonyl (C=O) groups is 1. The number of benzene rings is 2. The third-order valence-corrected chi connectivity index (χ3v) is 2.36. The summed E-state index contributed by atoms with van der Waals surface area (Å²) in [6.45, 7) is 0. The molecule has 0 amide bonds. The Balaban J connectivity index is 2.59. The van der Waals surface area contributed by atoms with Crippen molar-refractivity contribution in [2.75, 3.05) is 5.73 Å². The number of hydrogen-bond acceptors (Lipinski definition) is 2. The Labute approximate surface area is 94.1 Å². The molecule has 2 nitrogen and oxygen atoms in total. The summed E-state index contributed by atoms with van der Waals surface area (Å²) in [7, 11) is 0. The third-order valence-electron chi connectivity index (χ3n) is 2.36. The lowest BCUT2D eigenvalue weighted by Crippen LogP contribution is -1.87. The molecule has 0 unspecified atom stereocenters. The molecule has 0 spiro atoms. The van der Waals surface area contributed by atoms with Crippen molar-refractivity contribution in [1.82, 2.24) is 0 Å². The summed E-state index contributed by atoms with van der Waals surface area (Å²) >= 11 is 0. The molecule has 0 saturated carbocycles. The number of nitrogen functional groups attached to an aromatic ring is 1. The lowest BCUT2D eigenvalue weighted by atomic mass is 10.0. The summed E-state index contributed by atoms with van der Waals surface area (Å²) < 4.78 is 0. The van der Waals surface area contributed by atoms with Gasteiger partial charge < -0.3 is 10.5 Å². The van der Waals surface area contributed by atoms with E-state index in [1.54, 1.807) is 0 Å². The molecule has 0 fully saturated rings. The van der Waals surface area contributed by atoms with Gasteiger partial charge in [-0.1, -0.05) is 36.1 Å². The van der Waals surface area contributed by atoms with E-state index in [4.69, 9.17) is 5.73 Å². The molecule has 0 aliphatic heterocycles. The second-order valence-corrected chi connectivity index (χ2v) is 3.42. The fraction of sp³-hybridized carbons (Fsp3) is 0.0714. The molecule has 2 N–H and O–H groups in total. The van der Waals surface area contributed by atoms with E-state index in [0.717, 1.165) is 28.3 Å². The summed E-state index contributed by atoms with van der Waals surface area (Å²) in [5, 5.41) is 2.03. The van der Waals surface area contributed by atoms with Crippen LogP contribution >= 0.6 is 0 Å². The molecule has 0 bridgehead atoms. The van der Waals surface area contributed by atoms with Gasteiger partial charge in [0.25, 0.3) is 0 Å². The van der Waals surface area contributed by atoms with E-state index in [2.05, 4.69) is 11.8 Å². The second kappa shape index (κ2) is 4.50. The maximum Gasteiger partial charge on any atom is 0.131 e. The topological polar surface area (TPSA) is 43.1 Å². The minimum absolute atomic E-state index is 0.263. The molecule has 0 aromatic heterocycles. The smallest absolute Gasteiger partial charge is 0.131 e. The Kier molecular flexibility index (Phi) is 2.88. The molecular formula is C14H11NO. The van der Waals surface area contributed by atoms with Crippen LogP contribution in [-0.4, -0.2) is 6.29 Å². The first-order valence-electron chi connectivity index (χ1n) is 5.02. The van der Waals surface area contributed by atoms with E-state index in [1.165, 1.54) is 0 Å². The van der Waals surface area contributed by atoms with Crippen LogP contribution < -0.4 is 5.73 Å². The molecule has 0 aliphatic carbocycles.